The van der Waals surface area contributed by atoms with Crippen LogP contribution >= 0.6 is 0 Å². The minimum atomic E-state index is 0.436. The molecule has 432 valence electrons. The molecule has 12 bridgehead atoms. The highest BCUT2D eigenvalue weighted by atomic mass is 15.1. The zero-order chi connectivity index (χ0) is 54.0. The lowest BCUT2D eigenvalue weighted by atomic mass is 9.68. The molecule has 11 aliphatic heterocycles. The van der Waals surface area contributed by atoms with E-state index in [9.17, 15) is 0 Å². The van der Waals surface area contributed by atoms with Crippen LogP contribution in [0.1, 0.15) is 279 Å². The van der Waals surface area contributed by atoms with E-state index >= 15 is 0 Å². The van der Waals surface area contributed by atoms with Gasteiger partial charge in [0.15, 0.2) is 0 Å². The summed E-state index contributed by atoms with van der Waals surface area (Å²) < 4.78 is 0. The molecule has 8 atom stereocenters. The maximum Gasteiger partial charge on any atom is 0.0148 e. The van der Waals surface area contributed by atoms with E-state index in [0.29, 0.717) is 32.5 Å². The topological polar surface area (TPSA) is 72.2 Å². The number of fused-ring (bicyclic) bond motifs is 20. The fourth-order valence-corrected chi connectivity index (χ4v) is 17.1. The SMILES string of the molecule is CC(C)(C)C1CC2CCCC(CCC2)N1.CC(C)(C)C1CNC2CC(C2)C1.CC(C)(C)C1CNC2CCC(CC2)C1.CC(C)(C)C1NC2CC1C2.CC(C)(C)C1NC2CCC1C2.CC(C)(C)C1NC2CCC1CC2. The average Bonchev–Trinajstić information content (AvgIpc) is 4.02. The first-order valence-electron chi connectivity index (χ1n) is 32.9. The normalized spacial score (nSPS) is 41.3. The average molecular weight is 1030 g/mol. The molecule has 6 N–H and O–H groups in total. The summed E-state index contributed by atoms with van der Waals surface area (Å²) in [6.45, 7) is 45.2. The first kappa shape index (κ1) is 61.4. The summed E-state index contributed by atoms with van der Waals surface area (Å²) in [5.74, 6) is 7.83. The van der Waals surface area contributed by atoms with E-state index in [-0.39, 0.29) is 0 Å². The van der Waals surface area contributed by atoms with Gasteiger partial charge in [-0.2, -0.15) is 0 Å². The van der Waals surface area contributed by atoms with Crippen molar-refractivity contribution in [2.75, 3.05) is 13.1 Å². The Morgan fingerprint density at radius 3 is 1.05 bits per heavy atom. The van der Waals surface area contributed by atoms with E-state index in [1.54, 1.807) is 0 Å². The van der Waals surface area contributed by atoms with Crippen molar-refractivity contribution in [3.8, 4) is 0 Å². The molecular formula is C68H130N6. The van der Waals surface area contributed by atoms with Crippen LogP contribution in [0, 0.1) is 79.8 Å². The quantitative estimate of drug-likeness (QED) is 0.145. The standard InChI is InChI=1S/C14H27N.C13H25N.2C11H21N.C10H19N.C9H17N/c1-14(2,3)13-10-11-6-4-8-12(15-13)9-5-7-11;1-13(2,3)11-8-10-4-6-12(7-5-10)14-9-11;1-11(2,3)9-4-8-5-10(6-8)12-7-9;1-11(2,3)10-8-4-6-9(12-10)7-5-8;1-10(2,3)9-7-4-5-8(6-7)11-9;1-9(2,3)8-6-4-7(5-6)10-8/h11-13,15H,4-10H2,1-3H3;10-12,14H,4-9H2,1-3H3;2*8-10,12H,4-7H2,1-3H3;7-9,11H,4-6H2,1-3H3;6-8,10H,4-5H2,1-3H3. The molecule has 6 aliphatic carbocycles. The van der Waals surface area contributed by atoms with Crippen LogP contribution in [-0.4, -0.2) is 73.5 Å². The zero-order valence-corrected chi connectivity index (χ0v) is 52.8. The predicted octanol–water partition coefficient (Wildman–Crippen LogP) is 15.9. The van der Waals surface area contributed by atoms with E-state index in [1.807, 2.05) is 0 Å². The predicted molar refractivity (Wildman–Crippen MR) is 322 cm³/mol. The molecule has 6 heteroatoms. The van der Waals surface area contributed by atoms with E-state index in [1.165, 1.54) is 167 Å². The summed E-state index contributed by atoms with van der Waals surface area (Å²) in [6.07, 6.45) is 34.8. The molecule has 17 aliphatic rings. The Morgan fingerprint density at radius 2 is 0.662 bits per heavy atom. The minimum Gasteiger partial charge on any atom is -0.314 e. The van der Waals surface area contributed by atoms with Gasteiger partial charge in [-0.3, -0.25) is 0 Å². The second kappa shape index (κ2) is 25.3. The molecule has 0 aromatic carbocycles. The zero-order valence-electron chi connectivity index (χ0n) is 52.8. The van der Waals surface area contributed by atoms with Crippen molar-refractivity contribution in [3.63, 3.8) is 0 Å². The van der Waals surface area contributed by atoms with Gasteiger partial charge in [0.2, 0.25) is 0 Å². The van der Waals surface area contributed by atoms with Gasteiger partial charge in [-0.05, 0) is 221 Å². The third kappa shape index (κ3) is 17.6. The summed E-state index contributed by atoms with van der Waals surface area (Å²) in [5.41, 5.74) is 2.85. The summed E-state index contributed by atoms with van der Waals surface area (Å²) in [5, 5.41) is 22.6. The number of hydrogen-bond donors (Lipinski definition) is 6. The van der Waals surface area contributed by atoms with Crippen LogP contribution in [0.4, 0.5) is 0 Å². The lowest BCUT2D eigenvalue weighted by molar-refractivity contribution is 0.0749. The van der Waals surface area contributed by atoms with Crippen molar-refractivity contribution in [2.24, 2.45) is 79.8 Å². The first-order valence-corrected chi connectivity index (χ1v) is 32.9. The fourth-order valence-electron chi connectivity index (χ4n) is 17.1. The van der Waals surface area contributed by atoms with E-state index in [2.05, 4.69) is 157 Å². The Morgan fingerprint density at radius 1 is 0.257 bits per heavy atom. The monoisotopic (exact) mass is 1030 g/mol. The van der Waals surface area contributed by atoms with Crippen molar-refractivity contribution in [1.29, 1.82) is 0 Å². The lowest BCUT2D eigenvalue weighted by Gasteiger charge is -2.49. The van der Waals surface area contributed by atoms with Gasteiger partial charge in [-0.15, -0.1) is 0 Å². The summed E-state index contributed by atoms with van der Waals surface area (Å²) >= 11 is 0. The second-order valence-electron chi connectivity index (χ2n) is 34.8. The van der Waals surface area contributed by atoms with Gasteiger partial charge >= 0.3 is 0 Å². The Hall–Kier alpha value is -0.240. The van der Waals surface area contributed by atoms with Crippen LogP contribution in [-0.2, 0) is 0 Å². The number of rotatable bonds is 0. The largest absolute Gasteiger partial charge is 0.314 e. The molecule has 0 radical (unpaired) electrons. The van der Waals surface area contributed by atoms with Gasteiger partial charge < -0.3 is 31.9 Å². The highest BCUT2D eigenvalue weighted by Crippen LogP contribution is 2.46. The maximum atomic E-state index is 3.93. The molecule has 6 nitrogen and oxygen atoms in total. The highest BCUT2D eigenvalue weighted by molar-refractivity contribution is 5.06. The molecule has 0 aromatic rings. The number of piperidine rings is 3. The molecule has 8 unspecified atom stereocenters. The van der Waals surface area contributed by atoms with Crippen LogP contribution in [0.15, 0.2) is 0 Å². The van der Waals surface area contributed by atoms with Gasteiger partial charge in [0.25, 0.3) is 0 Å². The maximum absolute atomic E-state index is 3.93. The Labute approximate surface area is 461 Å². The van der Waals surface area contributed by atoms with Gasteiger partial charge in [-0.25, -0.2) is 0 Å². The van der Waals surface area contributed by atoms with Crippen LogP contribution in [0.5, 0.6) is 0 Å². The third-order valence-electron chi connectivity index (χ3n) is 22.3. The van der Waals surface area contributed by atoms with Crippen molar-refractivity contribution in [2.45, 2.75) is 339 Å². The summed E-state index contributed by atoms with van der Waals surface area (Å²) in [7, 11) is 0. The summed E-state index contributed by atoms with van der Waals surface area (Å²) in [6, 6.07) is 8.25. The molecule has 11 heterocycles. The van der Waals surface area contributed by atoms with E-state index in [4.69, 9.17) is 0 Å². The minimum absolute atomic E-state index is 0.436. The van der Waals surface area contributed by atoms with Crippen LogP contribution in [0.25, 0.3) is 0 Å². The lowest BCUT2D eigenvalue weighted by Crippen LogP contribution is -2.57. The number of nitrogens with one attached hydrogen (secondary N) is 6. The Balaban J connectivity index is 0.000000130. The van der Waals surface area contributed by atoms with Gasteiger partial charge in [0, 0.05) is 60.4 Å². The van der Waals surface area contributed by atoms with Crippen molar-refractivity contribution in [3.05, 3.63) is 0 Å². The molecule has 17 fully saturated rings. The molecule has 0 spiro atoms. The Bertz CT molecular complexity index is 1610. The van der Waals surface area contributed by atoms with Crippen molar-refractivity contribution >= 4 is 0 Å². The molecule has 74 heavy (non-hydrogen) atoms. The van der Waals surface area contributed by atoms with Gasteiger partial charge in [0.1, 0.15) is 0 Å². The van der Waals surface area contributed by atoms with E-state index < -0.39 is 0 Å². The smallest absolute Gasteiger partial charge is 0.0148 e. The second-order valence-corrected chi connectivity index (χ2v) is 34.8. The highest BCUT2D eigenvalue weighted by Gasteiger charge is 2.49. The number of hydrogen-bond acceptors (Lipinski definition) is 6. The molecular weight excluding hydrogens is 901 g/mol. The van der Waals surface area contributed by atoms with Crippen molar-refractivity contribution in [1.82, 2.24) is 31.9 Å². The fraction of sp³-hybridized carbons (Fsp3) is 1.00. The van der Waals surface area contributed by atoms with Gasteiger partial charge in [-0.1, -0.05) is 150 Å². The van der Waals surface area contributed by atoms with Crippen LogP contribution in [0.2, 0.25) is 0 Å². The molecule has 0 amide bonds. The first-order chi connectivity index (χ1) is 34.4. The van der Waals surface area contributed by atoms with Gasteiger partial charge in [0.05, 0.1) is 0 Å². The molecule has 11 saturated heterocycles. The van der Waals surface area contributed by atoms with E-state index in [0.717, 1.165) is 108 Å². The van der Waals surface area contributed by atoms with Crippen LogP contribution in [0.3, 0.4) is 0 Å². The Kier molecular flexibility index (Phi) is 21.0. The molecule has 0 aromatic heterocycles. The molecule has 6 saturated carbocycles. The van der Waals surface area contributed by atoms with Crippen LogP contribution < -0.4 is 31.9 Å². The van der Waals surface area contributed by atoms with Crippen molar-refractivity contribution < 1.29 is 0 Å². The molecule has 17 rings (SSSR count). The summed E-state index contributed by atoms with van der Waals surface area (Å²) in [4.78, 5) is 0. The third-order valence-corrected chi connectivity index (χ3v) is 22.3.